The molecular formula is C20H26ClN3O4S3. The molecule has 2 atom stereocenters. The van der Waals surface area contributed by atoms with Crippen molar-refractivity contribution in [3.05, 3.63) is 28.6 Å². The normalized spacial score (nSPS) is 18.1. The zero-order valence-electron chi connectivity index (χ0n) is 17.8. The predicted molar refractivity (Wildman–Crippen MR) is 125 cm³/mol. The predicted octanol–water partition coefficient (Wildman–Crippen LogP) is 3.65. The van der Waals surface area contributed by atoms with Crippen molar-refractivity contribution in [1.29, 1.82) is 0 Å². The number of hydrogen-bond acceptors (Lipinski definition) is 6. The minimum atomic E-state index is -3.86. The van der Waals surface area contributed by atoms with Crippen LogP contribution in [0.5, 0.6) is 0 Å². The summed E-state index contributed by atoms with van der Waals surface area (Å²) in [5.74, 6) is -0.502. The molecule has 1 fully saturated rings. The van der Waals surface area contributed by atoms with Gasteiger partial charge in [0.2, 0.25) is 11.8 Å². The largest absolute Gasteiger partial charge is 0.339 e. The van der Waals surface area contributed by atoms with E-state index in [1.807, 2.05) is 26.8 Å². The van der Waals surface area contributed by atoms with Gasteiger partial charge in [0, 0.05) is 28.9 Å². The van der Waals surface area contributed by atoms with Gasteiger partial charge in [-0.15, -0.1) is 22.7 Å². The number of likely N-dealkylation sites (N-methyl/N-ethyl adjacent to an activating group) is 1. The lowest BCUT2D eigenvalue weighted by Crippen LogP contribution is -2.51. The van der Waals surface area contributed by atoms with Gasteiger partial charge in [-0.25, -0.2) is 8.42 Å². The van der Waals surface area contributed by atoms with Crippen molar-refractivity contribution in [3.8, 4) is 9.75 Å². The quantitative estimate of drug-likeness (QED) is 0.595. The zero-order chi connectivity index (χ0) is 22.9. The Bertz CT molecular complexity index is 1060. The van der Waals surface area contributed by atoms with Gasteiger partial charge < -0.3 is 9.80 Å². The number of sulfonamides is 1. The molecule has 1 aliphatic heterocycles. The van der Waals surface area contributed by atoms with E-state index >= 15 is 0 Å². The second kappa shape index (κ2) is 9.58. The number of rotatable bonds is 8. The highest BCUT2D eigenvalue weighted by atomic mass is 35.5. The van der Waals surface area contributed by atoms with E-state index in [2.05, 4.69) is 4.72 Å². The Morgan fingerprint density at radius 2 is 1.87 bits per heavy atom. The topological polar surface area (TPSA) is 86.8 Å². The van der Waals surface area contributed by atoms with Crippen LogP contribution in [0.3, 0.4) is 0 Å². The standard InChI is InChI=1S/C20H26ClN3O4S3/c1-5-23(12(2)3)19(25)13(4)24-11-10-14(20(24)26)22-31(27,28)18-9-7-16(30-18)15-6-8-17(21)29-15/h6-9,12-14,22H,5,10-11H2,1-4H3/t13-,14-/m0/s1. The summed E-state index contributed by atoms with van der Waals surface area (Å²) in [6, 6.07) is 5.38. The van der Waals surface area contributed by atoms with Crippen molar-refractivity contribution in [3.63, 3.8) is 0 Å². The lowest BCUT2D eigenvalue weighted by atomic mass is 10.2. The summed E-state index contributed by atoms with van der Waals surface area (Å²) in [7, 11) is -3.86. The second-order valence-electron chi connectivity index (χ2n) is 7.61. The molecule has 0 bridgehead atoms. The Balaban J connectivity index is 1.70. The Hall–Kier alpha value is -1.46. The molecule has 0 aliphatic carbocycles. The highest BCUT2D eigenvalue weighted by Gasteiger charge is 2.40. The first-order valence-corrected chi connectivity index (χ1v) is 13.5. The lowest BCUT2D eigenvalue weighted by Gasteiger charge is -2.32. The van der Waals surface area contributed by atoms with Crippen LogP contribution in [0.25, 0.3) is 9.75 Å². The van der Waals surface area contributed by atoms with Crippen LogP contribution in [0.1, 0.15) is 34.1 Å². The van der Waals surface area contributed by atoms with Crippen LogP contribution in [0, 0.1) is 0 Å². The molecule has 2 aromatic heterocycles. The minimum Gasteiger partial charge on any atom is -0.339 e. The van der Waals surface area contributed by atoms with Gasteiger partial charge in [0.1, 0.15) is 16.3 Å². The van der Waals surface area contributed by atoms with E-state index in [0.29, 0.717) is 23.8 Å². The number of nitrogens with one attached hydrogen (secondary N) is 1. The van der Waals surface area contributed by atoms with Gasteiger partial charge in [-0.3, -0.25) is 9.59 Å². The first-order valence-electron chi connectivity index (χ1n) is 10.0. The van der Waals surface area contributed by atoms with Crippen molar-refractivity contribution in [1.82, 2.24) is 14.5 Å². The maximum atomic E-state index is 12.9. The molecule has 0 radical (unpaired) electrons. The number of amides is 2. The van der Waals surface area contributed by atoms with Crippen molar-refractivity contribution >= 4 is 56.1 Å². The summed E-state index contributed by atoms with van der Waals surface area (Å²) in [6.45, 7) is 8.33. The molecule has 1 aliphatic rings. The highest BCUT2D eigenvalue weighted by molar-refractivity contribution is 7.91. The van der Waals surface area contributed by atoms with Gasteiger partial charge in [0.05, 0.1) is 4.34 Å². The molecule has 11 heteroatoms. The first kappa shape index (κ1) is 24.2. The molecule has 0 spiro atoms. The van der Waals surface area contributed by atoms with E-state index < -0.39 is 22.1 Å². The molecule has 3 heterocycles. The van der Waals surface area contributed by atoms with Crippen LogP contribution < -0.4 is 4.72 Å². The molecule has 3 rings (SSSR count). The molecule has 0 saturated carbocycles. The van der Waals surface area contributed by atoms with Crippen molar-refractivity contribution < 1.29 is 18.0 Å². The maximum Gasteiger partial charge on any atom is 0.250 e. The summed E-state index contributed by atoms with van der Waals surface area (Å²) in [5, 5.41) is 0. The van der Waals surface area contributed by atoms with Gasteiger partial charge in [0.15, 0.2) is 0 Å². The fourth-order valence-corrected chi connectivity index (χ4v) is 7.31. The van der Waals surface area contributed by atoms with Gasteiger partial charge in [-0.05, 0) is 58.4 Å². The van der Waals surface area contributed by atoms with Gasteiger partial charge in [-0.2, -0.15) is 4.72 Å². The number of carbonyl (C=O) groups is 2. The average molecular weight is 504 g/mol. The second-order valence-corrected chi connectivity index (χ2v) is 12.4. The Labute approximate surface area is 196 Å². The third-order valence-corrected chi connectivity index (χ3v) is 9.75. The summed E-state index contributed by atoms with van der Waals surface area (Å²) in [4.78, 5) is 30.5. The molecule has 170 valence electrons. The number of carbonyl (C=O) groups excluding carboxylic acids is 2. The summed E-state index contributed by atoms with van der Waals surface area (Å²) < 4.78 is 29.0. The van der Waals surface area contributed by atoms with E-state index in [-0.39, 0.29) is 22.1 Å². The smallest absolute Gasteiger partial charge is 0.250 e. The van der Waals surface area contributed by atoms with Crippen LogP contribution in [-0.2, 0) is 19.6 Å². The monoisotopic (exact) mass is 503 g/mol. The summed E-state index contributed by atoms with van der Waals surface area (Å²) in [6.07, 6.45) is 0.322. The van der Waals surface area contributed by atoms with Crippen LogP contribution in [-0.4, -0.2) is 61.2 Å². The van der Waals surface area contributed by atoms with E-state index in [4.69, 9.17) is 11.6 Å². The maximum absolute atomic E-state index is 12.9. The highest BCUT2D eigenvalue weighted by Crippen LogP contribution is 2.37. The molecule has 0 aromatic carbocycles. The van der Waals surface area contributed by atoms with E-state index in [0.717, 1.165) is 21.1 Å². The third kappa shape index (κ3) is 5.14. The summed E-state index contributed by atoms with van der Waals surface area (Å²) >= 11 is 8.47. The summed E-state index contributed by atoms with van der Waals surface area (Å²) in [5.41, 5.74) is 0. The molecule has 0 unspecified atom stereocenters. The van der Waals surface area contributed by atoms with Crippen LogP contribution >= 0.6 is 34.3 Å². The molecule has 2 aromatic rings. The van der Waals surface area contributed by atoms with Crippen molar-refractivity contribution in [2.75, 3.05) is 13.1 Å². The number of hydrogen-bond donors (Lipinski definition) is 1. The van der Waals surface area contributed by atoms with Crippen LogP contribution in [0.2, 0.25) is 4.34 Å². The van der Waals surface area contributed by atoms with E-state index in [9.17, 15) is 18.0 Å². The number of halogens is 1. The fourth-order valence-electron chi connectivity index (χ4n) is 3.63. The molecule has 2 amide bonds. The van der Waals surface area contributed by atoms with Crippen molar-refractivity contribution in [2.24, 2.45) is 0 Å². The lowest BCUT2D eigenvalue weighted by molar-refractivity contribution is -0.144. The van der Waals surface area contributed by atoms with Gasteiger partial charge in [0.25, 0.3) is 10.0 Å². The number of thiophene rings is 2. The third-order valence-electron chi connectivity index (χ3n) is 5.27. The number of likely N-dealkylation sites (tertiary alicyclic amines) is 1. The van der Waals surface area contributed by atoms with Crippen LogP contribution in [0.4, 0.5) is 0 Å². The molecule has 31 heavy (non-hydrogen) atoms. The Morgan fingerprint density at radius 3 is 2.45 bits per heavy atom. The zero-order valence-corrected chi connectivity index (χ0v) is 21.0. The Kier molecular flexibility index (Phi) is 7.47. The molecule has 7 nitrogen and oxygen atoms in total. The Morgan fingerprint density at radius 1 is 1.23 bits per heavy atom. The molecule has 1 saturated heterocycles. The molecular weight excluding hydrogens is 478 g/mol. The van der Waals surface area contributed by atoms with Gasteiger partial charge in [-0.1, -0.05) is 11.6 Å². The van der Waals surface area contributed by atoms with Gasteiger partial charge >= 0.3 is 0 Å². The minimum absolute atomic E-state index is 0.0261. The number of nitrogens with zero attached hydrogens (tertiary/aromatic N) is 2. The fraction of sp³-hybridized carbons (Fsp3) is 0.500. The van der Waals surface area contributed by atoms with E-state index in [1.54, 1.807) is 24.0 Å². The first-order chi connectivity index (χ1) is 14.5. The van der Waals surface area contributed by atoms with Crippen LogP contribution in [0.15, 0.2) is 28.5 Å². The van der Waals surface area contributed by atoms with E-state index in [1.165, 1.54) is 22.3 Å². The van der Waals surface area contributed by atoms with Crippen molar-refractivity contribution in [2.45, 2.75) is 56.5 Å². The molecule has 1 N–H and O–H groups in total. The average Bonchev–Trinajstić information content (AvgIpc) is 3.42. The SMILES string of the molecule is CCN(C(=O)[C@H](C)N1CC[C@H](NS(=O)(=O)c2ccc(-c3ccc(Cl)s3)s2)C1=O)C(C)C.